The van der Waals surface area contributed by atoms with Gasteiger partial charge in [-0.25, -0.2) is 4.39 Å². The molecule has 21 nitrogen and oxygen atoms in total. The third kappa shape index (κ3) is 4.71. The highest BCUT2D eigenvalue weighted by atomic mass is 19.1. The van der Waals surface area contributed by atoms with Gasteiger partial charge in [0.2, 0.25) is 0 Å². The third-order valence-corrected chi connectivity index (χ3v) is 8.03. The molecule has 22 heteroatoms. The Kier molecular flexibility index (Phi) is 7.59. The van der Waals surface area contributed by atoms with Crippen molar-refractivity contribution in [3.05, 3.63) is 64.5 Å². The molecule has 2 fully saturated rings. The monoisotopic (exact) mass is 674 g/mol. The smallest absolute Gasteiger partial charge is 0.356 e. The van der Waals surface area contributed by atoms with Crippen LogP contribution in [0.5, 0.6) is 0 Å². The van der Waals surface area contributed by atoms with E-state index >= 15 is 4.39 Å². The first-order chi connectivity index (χ1) is 21.3. The largest absolute Gasteiger partial charge is 0.381 e. The Labute approximate surface area is 259 Å². The first kappa shape index (κ1) is 34.5. The quantitative estimate of drug-likeness (QED) is 0.0999. The van der Waals surface area contributed by atoms with Gasteiger partial charge in [-0.2, -0.15) is 4.90 Å². The van der Waals surface area contributed by atoms with Crippen molar-refractivity contribution in [3.63, 3.8) is 0 Å². The summed E-state index contributed by atoms with van der Waals surface area (Å²) in [4.78, 5) is 37.2. The number of benzene rings is 2. The lowest BCUT2D eigenvalue weighted by molar-refractivity contribution is -0.659. The van der Waals surface area contributed by atoms with E-state index in [0.29, 0.717) is 6.07 Å². The highest BCUT2D eigenvalue weighted by molar-refractivity contribution is 6.10. The van der Waals surface area contributed by atoms with Crippen molar-refractivity contribution < 1.29 is 89.9 Å². The van der Waals surface area contributed by atoms with E-state index in [0.717, 1.165) is 12.1 Å². The summed E-state index contributed by atoms with van der Waals surface area (Å²) in [6.07, 6.45) is 0. The van der Waals surface area contributed by atoms with Crippen LogP contribution in [0.4, 0.5) is 10.1 Å². The zero-order valence-electron chi connectivity index (χ0n) is 23.3. The molecule has 47 heavy (non-hydrogen) atoms. The van der Waals surface area contributed by atoms with E-state index in [4.69, 9.17) is 0 Å². The molecule has 2 aromatic rings. The Hall–Kier alpha value is -3.82. The Morgan fingerprint density at radius 3 is 2.00 bits per heavy atom. The number of halogens is 1. The molecule has 0 spiro atoms. The molecular formula is C25H27FN4O17. The average molecular weight is 675 g/mol. The summed E-state index contributed by atoms with van der Waals surface area (Å²) in [5, 5.41) is 135. The van der Waals surface area contributed by atoms with Crippen molar-refractivity contribution in [2.75, 3.05) is 5.32 Å². The van der Waals surface area contributed by atoms with Crippen LogP contribution in [0.1, 0.15) is 27.0 Å². The summed E-state index contributed by atoms with van der Waals surface area (Å²) in [6, 6.07) is 6.74. The number of piperidine rings is 1. The topological polar surface area (TPSA) is 354 Å². The number of nitrogens with zero attached hydrogens (tertiary/aromatic N) is 2. The number of ether oxygens (including phenoxy) is 1. The highest BCUT2D eigenvalue weighted by Crippen LogP contribution is 2.43. The Bertz CT molecular complexity index is 1650. The lowest BCUT2D eigenvalue weighted by Crippen LogP contribution is -2.85. The molecule has 1 atom stereocenters. The van der Waals surface area contributed by atoms with Crippen LogP contribution in [0.2, 0.25) is 0 Å². The van der Waals surface area contributed by atoms with Gasteiger partial charge in [-0.05, 0) is 23.8 Å². The third-order valence-electron chi connectivity index (χ3n) is 8.03. The lowest BCUT2D eigenvalue weighted by atomic mass is 9.86. The number of morpholine rings is 1. The molecule has 256 valence electrons. The number of carbonyl (C=O) groups is 3. The molecule has 3 aliphatic rings. The Morgan fingerprint density at radius 2 is 1.43 bits per heavy atom. The summed E-state index contributed by atoms with van der Waals surface area (Å²) in [5.41, 5.74) is -4.43. The summed E-state index contributed by atoms with van der Waals surface area (Å²) >= 11 is 0. The van der Waals surface area contributed by atoms with Gasteiger partial charge in [0.1, 0.15) is 5.82 Å². The molecule has 15 N–H and O–H groups in total. The zero-order chi connectivity index (χ0) is 35.3. The van der Waals surface area contributed by atoms with Crippen molar-refractivity contribution in [1.29, 1.82) is 0 Å². The molecule has 3 amide bonds. The molecule has 0 bridgehead atoms. The summed E-state index contributed by atoms with van der Waals surface area (Å²) in [5.74, 6) is -31.2. The number of anilines is 1. The van der Waals surface area contributed by atoms with E-state index in [9.17, 15) is 80.8 Å². The summed E-state index contributed by atoms with van der Waals surface area (Å²) in [6.45, 7) is -2.33. The van der Waals surface area contributed by atoms with Gasteiger partial charge in [-0.1, -0.05) is 18.2 Å². The predicted molar refractivity (Wildman–Crippen MR) is 138 cm³/mol. The molecule has 3 heterocycles. The maximum atomic E-state index is 15.1. The average Bonchev–Trinajstić information content (AvgIpc) is 3.29. The van der Waals surface area contributed by atoms with Crippen LogP contribution in [0, 0.1) is 5.82 Å². The second-order valence-corrected chi connectivity index (χ2v) is 11.0. The van der Waals surface area contributed by atoms with E-state index < -0.39 is 82.6 Å². The molecule has 1 unspecified atom stereocenters. The van der Waals surface area contributed by atoms with Gasteiger partial charge in [-0.3, -0.25) is 29.3 Å². The van der Waals surface area contributed by atoms with E-state index in [-0.39, 0.29) is 39.4 Å². The minimum Gasteiger partial charge on any atom is -0.381 e. The van der Waals surface area contributed by atoms with E-state index in [2.05, 4.69) is 10.1 Å². The number of imide groups is 1. The Morgan fingerprint density at radius 1 is 0.830 bits per heavy atom. The SMILES string of the molecule is O=C1c2cccc(NCc3ccc(CN4C(O)(O)C(O)(O)OC(O)(O)C4(O)O)cc3F)c2CN1C1(O)C(=O)NC(=O)C(O)(O)C1(O)O. The number of amides is 3. The standard InChI is InChI=1S/C25H27FN4O17/c26-14-6-10(8-30-22(39,40)24(43,44)47-25(45,46)23(30,41)42)4-5-11(14)7-27-15-3-1-2-12-13(15)9-29(16(12)31)19(34)17(32)28-18(33)20(35,36)21(19,37)38/h1-6,27,34-46H,7-9H2,(H,28,32,33). The fraction of sp³-hybridized carbons (Fsp3) is 0.400. The van der Waals surface area contributed by atoms with Crippen molar-refractivity contribution in [2.45, 2.75) is 60.7 Å². The first-order valence-corrected chi connectivity index (χ1v) is 13.0. The maximum Gasteiger partial charge on any atom is 0.356 e. The van der Waals surface area contributed by atoms with Crippen molar-refractivity contribution >= 4 is 23.4 Å². The van der Waals surface area contributed by atoms with Crippen LogP contribution >= 0.6 is 0 Å². The minimum absolute atomic E-state index is 0.00491. The van der Waals surface area contributed by atoms with Gasteiger partial charge in [-0.15, -0.1) is 0 Å². The molecule has 2 saturated heterocycles. The fourth-order valence-electron chi connectivity index (χ4n) is 5.24. The minimum atomic E-state index is -4.32. The van der Waals surface area contributed by atoms with E-state index in [1.165, 1.54) is 23.5 Å². The van der Waals surface area contributed by atoms with Crippen LogP contribution in [-0.4, -0.2) is 135 Å². The Balaban J connectivity index is 1.37. The van der Waals surface area contributed by atoms with Crippen molar-refractivity contribution in [2.24, 2.45) is 0 Å². The predicted octanol–water partition coefficient (Wildman–Crippen LogP) is -7.51. The zero-order valence-corrected chi connectivity index (χ0v) is 23.3. The molecule has 0 aromatic heterocycles. The lowest BCUT2D eigenvalue weighted by Gasteiger charge is -2.55. The number of fused-ring (bicyclic) bond motifs is 1. The van der Waals surface area contributed by atoms with Gasteiger partial charge < -0.3 is 71.7 Å². The molecule has 3 aliphatic heterocycles. The van der Waals surface area contributed by atoms with Gasteiger partial charge in [0.05, 0.1) is 6.54 Å². The van der Waals surface area contributed by atoms with Crippen LogP contribution in [0.3, 0.4) is 0 Å². The second kappa shape index (κ2) is 10.3. The van der Waals surface area contributed by atoms with Gasteiger partial charge in [0.25, 0.3) is 29.2 Å². The number of carbonyl (C=O) groups excluding carboxylic acids is 3. The fourth-order valence-corrected chi connectivity index (χ4v) is 5.24. The summed E-state index contributed by atoms with van der Waals surface area (Å²) in [7, 11) is 0. The van der Waals surface area contributed by atoms with E-state index in [1.807, 2.05) is 0 Å². The molecule has 0 aliphatic carbocycles. The number of aliphatic hydroxyl groups is 13. The van der Waals surface area contributed by atoms with Crippen LogP contribution in [0.15, 0.2) is 36.4 Å². The highest BCUT2D eigenvalue weighted by Gasteiger charge is 2.77. The van der Waals surface area contributed by atoms with E-state index in [1.54, 1.807) is 0 Å². The van der Waals surface area contributed by atoms with Crippen LogP contribution in [-0.2, 0) is 34.0 Å². The number of hydrogen-bond acceptors (Lipinski definition) is 19. The maximum absolute atomic E-state index is 15.1. The second-order valence-electron chi connectivity index (χ2n) is 11.0. The number of rotatable bonds is 6. The van der Waals surface area contributed by atoms with Gasteiger partial charge in [0.15, 0.2) is 0 Å². The molecule has 5 rings (SSSR count). The van der Waals surface area contributed by atoms with Crippen molar-refractivity contribution in [1.82, 2.24) is 15.1 Å². The molecule has 0 radical (unpaired) electrons. The first-order valence-electron chi connectivity index (χ1n) is 13.0. The molecule has 0 saturated carbocycles. The molecule has 2 aromatic carbocycles. The van der Waals surface area contributed by atoms with Crippen molar-refractivity contribution in [3.8, 4) is 0 Å². The molecular weight excluding hydrogens is 647 g/mol. The number of hydrogen-bond donors (Lipinski definition) is 15. The van der Waals surface area contributed by atoms with Gasteiger partial charge >= 0.3 is 29.6 Å². The summed E-state index contributed by atoms with van der Waals surface area (Å²) < 4.78 is 18.9. The number of nitrogens with one attached hydrogen (secondary N) is 2. The normalized spacial score (nSPS) is 26.9. The van der Waals surface area contributed by atoms with Crippen LogP contribution < -0.4 is 10.6 Å². The van der Waals surface area contributed by atoms with Crippen LogP contribution in [0.25, 0.3) is 0 Å². The van der Waals surface area contributed by atoms with Gasteiger partial charge in [0, 0.05) is 35.5 Å².